The molecule has 1 aliphatic rings. The van der Waals surface area contributed by atoms with E-state index >= 15 is 0 Å². The van der Waals surface area contributed by atoms with E-state index in [0.29, 0.717) is 22.6 Å². The predicted octanol–water partition coefficient (Wildman–Crippen LogP) is 2.86. The van der Waals surface area contributed by atoms with Crippen LogP contribution < -0.4 is 5.32 Å². The number of nitrogens with zero attached hydrogens (tertiary/aromatic N) is 1. The zero-order valence-corrected chi connectivity index (χ0v) is 14.2. The molecule has 1 unspecified atom stereocenters. The molecule has 2 rings (SSSR count). The van der Waals surface area contributed by atoms with Crippen LogP contribution in [0.4, 0.5) is 0 Å². The first-order valence-corrected chi connectivity index (χ1v) is 8.08. The summed E-state index contributed by atoms with van der Waals surface area (Å²) < 4.78 is 0. The van der Waals surface area contributed by atoms with Crippen molar-refractivity contribution in [1.82, 2.24) is 10.2 Å². The third kappa shape index (κ3) is 3.78. The van der Waals surface area contributed by atoms with Crippen LogP contribution in [0.25, 0.3) is 0 Å². The smallest absolute Gasteiger partial charge is 0.261 e. The lowest BCUT2D eigenvalue weighted by atomic mass is 10.0. The van der Waals surface area contributed by atoms with Crippen molar-refractivity contribution in [1.29, 1.82) is 0 Å². The van der Waals surface area contributed by atoms with Crippen molar-refractivity contribution in [2.45, 2.75) is 46.1 Å². The molecule has 124 valence electrons. The number of carbonyl (C=O) groups is 3. The minimum absolute atomic E-state index is 0.0783. The molecule has 0 spiro atoms. The molecule has 0 radical (unpaired) electrons. The predicted molar refractivity (Wildman–Crippen MR) is 88.5 cm³/mol. The Bertz CT molecular complexity index is 637. The van der Waals surface area contributed by atoms with Gasteiger partial charge in [0.15, 0.2) is 0 Å². The number of fused-ring (bicyclic) bond motifs is 1. The summed E-state index contributed by atoms with van der Waals surface area (Å²) in [6.45, 7) is 6.35. The van der Waals surface area contributed by atoms with Gasteiger partial charge >= 0.3 is 0 Å². The first kappa shape index (κ1) is 17.2. The molecule has 1 aliphatic heterocycles. The van der Waals surface area contributed by atoms with Gasteiger partial charge in [0.05, 0.1) is 11.1 Å². The zero-order valence-electron chi connectivity index (χ0n) is 14.2. The number of hydrogen-bond acceptors (Lipinski definition) is 3. The summed E-state index contributed by atoms with van der Waals surface area (Å²) in [5.41, 5.74) is 1.08. The Labute approximate surface area is 137 Å². The minimum atomic E-state index is -0.357. The summed E-state index contributed by atoms with van der Waals surface area (Å²) in [4.78, 5) is 37.2. The highest BCUT2D eigenvalue weighted by Crippen LogP contribution is 2.22. The number of rotatable bonds is 6. The van der Waals surface area contributed by atoms with Gasteiger partial charge in [-0.15, -0.1) is 0 Å². The van der Waals surface area contributed by atoms with Crippen molar-refractivity contribution in [3.05, 3.63) is 34.9 Å². The molecule has 0 aromatic heterocycles. The van der Waals surface area contributed by atoms with Crippen LogP contribution in [0.2, 0.25) is 0 Å². The van der Waals surface area contributed by atoms with Crippen LogP contribution in [-0.4, -0.2) is 35.7 Å². The third-order valence-corrected chi connectivity index (χ3v) is 4.15. The second-order valence-electron chi connectivity index (χ2n) is 6.63. The van der Waals surface area contributed by atoms with E-state index in [1.165, 1.54) is 13.1 Å². The van der Waals surface area contributed by atoms with Gasteiger partial charge in [-0.1, -0.05) is 26.7 Å². The second-order valence-corrected chi connectivity index (χ2v) is 6.63. The molecule has 1 heterocycles. The van der Waals surface area contributed by atoms with E-state index < -0.39 is 0 Å². The first-order valence-electron chi connectivity index (χ1n) is 8.08. The molecule has 5 heteroatoms. The van der Waals surface area contributed by atoms with Gasteiger partial charge in [0, 0.05) is 18.7 Å². The van der Waals surface area contributed by atoms with E-state index in [-0.39, 0.29) is 23.8 Å². The van der Waals surface area contributed by atoms with E-state index in [1.54, 1.807) is 12.1 Å². The molecule has 0 saturated carbocycles. The minimum Gasteiger partial charge on any atom is -0.350 e. The fraction of sp³-hybridized carbons (Fsp3) is 0.500. The van der Waals surface area contributed by atoms with Crippen molar-refractivity contribution in [3.63, 3.8) is 0 Å². The first-order chi connectivity index (χ1) is 10.8. The van der Waals surface area contributed by atoms with Crippen molar-refractivity contribution in [2.24, 2.45) is 5.92 Å². The highest BCUT2D eigenvalue weighted by atomic mass is 16.2. The summed E-state index contributed by atoms with van der Waals surface area (Å²) in [6.07, 6.45) is 3.14. The maximum absolute atomic E-state index is 12.3. The molecule has 1 N–H and O–H groups in total. The van der Waals surface area contributed by atoms with Crippen LogP contribution in [0.15, 0.2) is 18.2 Å². The lowest BCUT2D eigenvalue weighted by molar-refractivity contribution is 0.0693. The van der Waals surface area contributed by atoms with Gasteiger partial charge in [0.2, 0.25) is 0 Å². The van der Waals surface area contributed by atoms with Crippen molar-refractivity contribution >= 4 is 17.7 Å². The van der Waals surface area contributed by atoms with Crippen LogP contribution >= 0.6 is 0 Å². The molecule has 1 aromatic carbocycles. The molecule has 0 fully saturated rings. The Balaban J connectivity index is 2.02. The molecule has 0 saturated heterocycles. The van der Waals surface area contributed by atoms with Gasteiger partial charge in [-0.25, -0.2) is 0 Å². The fourth-order valence-electron chi connectivity index (χ4n) is 2.71. The van der Waals surface area contributed by atoms with Gasteiger partial charge < -0.3 is 5.32 Å². The van der Waals surface area contributed by atoms with Gasteiger partial charge in [-0.05, 0) is 37.5 Å². The monoisotopic (exact) mass is 316 g/mol. The molecule has 5 nitrogen and oxygen atoms in total. The fourth-order valence-corrected chi connectivity index (χ4v) is 2.71. The molecule has 3 amide bonds. The number of hydrogen-bond donors (Lipinski definition) is 1. The summed E-state index contributed by atoms with van der Waals surface area (Å²) >= 11 is 0. The molecule has 23 heavy (non-hydrogen) atoms. The average Bonchev–Trinajstić information content (AvgIpc) is 2.71. The zero-order chi connectivity index (χ0) is 17.1. The van der Waals surface area contributed by atoms with E-state index in [9.17, 15) is 14.4 Å². The van der Waals surface area contributed by atoms with Gasteiger partial charge in [0.25, 0.3) is 17.7 Å². The Morgan fingerprint density at radius 3 is 2.39 bits per heavy atom. The van der Waals surface area contributed by atoms with Crippen LogP contribution in [0, 0.1) is 5.92 Å². The van der Waals surface area contributed by atoms with Crippen LogP contribution in [0.5, 0.6) is 0 Å². The second kappa shape index (κ2) is 6.94. The normalized spacial score (nSPS) is 15.1. The van der Waals surface area contributed by atoms with E-state index in [1.807, 2.05) is 6.92 Å². The molecule has 1 aromatic rings. The number of imide groups is 1. The van der Waals surface area contributed by atoms with E-state index in [0.717, 1.165) is 24.2 Å². The quantitative estimate of drug-likeness (QED) is 0.821. The molecule has 0 bridgehead atoms. The molecule has 1 atom stereocenters. The molecular formula is C18H24N2O3. The Morgan fingerprint density at radius 2 is 1.74 bits per heavy atom. The number of carbonyl (C=O) groups excluding carboxylic acids is 3. The summed E-state index contributed by atoms with van der Waals surface area (Å²) in [7, 11) is 1.45. The van der Waals surface area contributed by atoms with Crippen LogP contribution in [0.3, 0.4) is 0 Å². The number of benzene rings is 1. The highest BCUT2D eigenvalue weighted by molar-refractivity contribution is 6.21. The van der Waals surface area contributed by atoms with Crippen molar-refractivity contribution < 1.29 is 14.4 Å². The maximum Gasteiger partial charge on any atom is 0.261 e. The van der Waals surface area contributed by atoms with Gasteiger partial charge in [0.1, 0.15) is 0 Å². The Hall–Kier alpha value is -2.17. The Morgan fingerprint density at radius 1 is 1.09 bits per heavy atom. The topological polar surface area (TPSA) is 66.5 Å². The van der Waals surface area contributed by atoms with Crippen molar-refractivity contribution in [3.8, 4) is 0 Å². The Kier molecular flexibility index (Phi) is 5.19. The summed E-state index contributed by atoms with van der Waals surface area (Å²) in [5, 5.41) is 2.95. The standard InChI is InChI=1S/C18H24N2O3/c1-11(2)6-5-7-12(3)19-16(21)13-8-9-14-15(10-13)18(23)20(4)17(14)22/h8-12H,5-7H2,1-4H3,(H,19,21). The lowest BCUT2D eigenvalue weighted by Crippen LogP contribution is -2.32. The van der Waals surface area contributed by atoms with Crippen LogP contribution in [0.1, 0.15) is 71.1 Å². The van der Waals surface area contributed by atoms with E-state index in [4.69, 9.17) is 0 Å². The average molecular weight is 316 g/mol. The maximum atomic E-state index is 12.3. The molecule has 0 aliphatic carbocycles. The van der Waals surface area contributed by atoms with Crippen molar-refractivity contribution in [2.75, 3.05) is 7.05 Å². The summed E-state index contributed by atoms with van der Waals surface area (Å²) in [6, 6.07) is 4.74. The number of nitrogens with one attached hydrogen (secondary N) is 1. The van der Waals surface area contributed by atoms with Gasteiger partial charge in [-0.3, -0.25) is 19.3 Å². The lowest BCUT2D eigenvalue weighted by Gasteiger charge is -2.14. The number of amides is 3. The van der Waals surface area contributed by atoms with Gasteiger partial charge in [-0.2, -0.15) is 0 Å². The third-order valence-electron chi connectivity index (χ3n) is 4.15. The van der Waals surface area contributed by atoms with Crippen LogP contribution in [-0.2, 0) is 0 Å². The highest BCUT2D eigenvalue weighted by Gasteiger charge is 2.33. The largest absolute Gasteiger partial charge is 0.350 e. The summed E-state index contributed by atoms with van der Waals surface area (Å²) in [5.74, 6) is -0.224. The molecular weight excluding hydrogens is 292 g/mol. The van der Waals surface area contributed by atoms with E-state index in [2.05, 4.69) is 19.2 Å². The SMILES string of the molecule is CC(C)CCCC(C)NC(=O)c1ccc2c(c1)C(=O)N(C)C2=O.